The lowest BCUT2D eigenvalue weighted by atomic mass is 10.2. The van der Waals surface area contributed by atoms with Crippen LogP contribution in [-0.2, 0) is 25.3 Å². The molecule has 0 fully saturated rings. The van der Waals surface area contributed by atoms with Gasteiger partial charge >= 0.3 is 12.0 Å². The van der Waals surface area contributed by atoms with Gasteiger partial charge in [-0.25, -0.2) is 9.36 Å². The topological polar surface area (TPSA) is 64.6 Å². The van der Waals surface area contributed by atoms with Crippen molar-refractivity contribution in [3.8, 4) is 0 Å². The van der Waals surface area contributed by atoms with Crippen LogP contribution < -0.4 is 5.48 Å². The predicted octanol–water partition coefficient (Wildman–Crippen LogP) is 3.23. The van der Waals surface area contributed by atoms with Crippen LogP contribution in [0.5, 0.6) is 0 Å². The molecule has 0 aliphatic carbocycles. The molecule has 0 amide bonds. The molecule has 1 N–H and O–H groups in total. The molecule has 0 heterocycles. The average Bonchev–Trinajstić information content (AvgIpc) is 2.28. The van der Waals surface area contributed by atoms with Gasteiger partial charge in [-0.3, -0.25) is 4.84 Å². The third-order valence-corrected chi connectivity index (χ3v) is 2.70. The summed E-state index contributed by atoms with van der Waals surface area (Å²) < 4.78 is 15.2. The van der Waals surface area contributed by atoms with Crippen molar-refractivity contribution in [2.45, 2.75) is 19.6 Å². The van der Waals surface area contributed by atoms with Crippen molar-refractivity contribution in [2.75, 3.05) is 0 Å². The first-order valence-electron chi connectivity index (χ1n) is 5.02. The van der Waals surface area contributed by atoms with Gasteiger partial charge in [-0.2, -0.15) is 5.48 Å². The summed E-state index contributed by atoms with van der Waals surface area (Å²) in [5.41, 5.74) is 3.38. The van der Waals surface area contributed by atoms with Crippen molar-refractivity contribution in [3.63, 3.8) is 0 Å². The van der Waals surface area contributed by atoms with Gasteiger partial charge in [0.1, 0.15) is 6.04 Å². The Balaban J connectivity index is 2.31. The van der Waals surface area contributed by atoms with Gasteiger partial charge in [0.05, 0.1) is 6.61 Å². The summed E-state index contributed by atoms with van der Waals surface area (Å²) in [6.07, 6.45) is -3.87. The van der Waals surface area contributed by atoms with E-state index in [1.807, 2.05) is 30.3 Å². The molecule has 8 heteroatoms. The minimum atomic E-state index is -3.87. The lowest BCUT2D eigenvalue weighted by Crippen LogP contribution is -2.34. The summed E-state index contributed by atoms with van der Waals surface area (Å²) >= 11 is 10.2. The molecular weight excluding hydrogens is 300 g/mol. The number of rotatable bonds is 6. The summed E-state index contributed by atoms with van der Waals surface area (Å²) in [6, 6.07) is 8.53. The summed E-state index contributed by atoms with van der Waals surface area (Å²) in [5, 5.41) is 0. The number of hydrogen-bond donors (Lipinski definition) is 1. The molecule has 0 saturated heterocycles. The van der Waals surface area contributed by atoms with Gasteiger partial charge in [0.25, 0.3) is 0 Å². The second kappa shape index (κ2) is 7.12. The van der Waals surface area contributed by atoms with Crippen LogP contribution in [0, 0.1) is 0 Å². The quantitative estimate of drug-likeness (QED) is 0.645. The van der Waals surface area contributed by atoms with E-state index in [-0.39, 0.29) is 6.61 Å². The lowest BCUT2D eigenvalue weighted by molar-refractivity contribution is -0.140. The molecule has 1 aromatic carbocycles. The number of hydrogen-bond acceptors (Lipinski definition) is 5. The fourth-order valence-electron chi connectivity index (χ4n) is 1.06. The van der Waals surface area contributed by atoms with E-state index in [2.05, 4.69) is 10.0 Å². The molecule has 0 radical (unpaired) electrons. The van der Waals surface area contributed by atoms with Crippen molar-refractivity contribution in [3.05, 3.63) is 35.9 Å². The first-order valence-corrected chi connectivity index (χ1v) is 8.46. The Morgan fingerprint density at radius 1 is 1.39 bits per heavy atom. The average molecular weight is 312 g/mol. The summed E-state index contributed by atoms with van der Waals surface area (Å²) in [6.45, 7) is 1.74. The molecule has 5 nitrogen and oxygen atoms in total. The van der Waals surface area contributed by atoms with Crippen molar-refractivity contribution < 1.29 is 18.7 Å². The normalized spacial score (nSPS) is 13.1. The van der Waals surface area contributed by atoms with Gasteiger partial charge in [-0.15, -0.1) is 0 Å². The van der Waals surface area contributed by atoms with E-state index in [1.54, 1.807) is 0 Å². The molecular formula is C10H12Cl2NO4P. The predicted molar refractivity (Wildman–Crippen MR) is 69.2 cm³/mol. The zero-order chi connectivity index (χ0) is 13.6. The maximum atomic E-state index is 11.3. The Hall–Kier alpha value is -0.580. The number of carbonyl (C=O) groups excluding carboxylic acids is 1. The van der Waals surface area contributed by atoms with E-state index in [9.17, 15) is 9.36 Å². The molecule has 0 aliphatic rings. The first-order chi connectivity index (χ1) is 8.38. The highest BCUT2D eigenvalue weighted by molar-refractivity contribution is 8.05. The Bertz CT molecular complexity index is 437. The molecule has 0 spiro atoms. The van der Waals surface area contributed by atoms with Crippen molar-refractivity contribution in [2.24, 2.45) is 0 Å². The zero-order valence-electron chi connectivity index (χ0n) is 9.51. The molecule has 1 aromatic rings. The zero-order valence-corrected chi connectivity index (χ0v) is 11.9. The summed E-state index contributed by atoms with van der Waals surface area (Å²) in [7, 11) is 0. The van der Waals surface area contributed by atoms with E-state index in [4.69, 9.17) is 27.3 Å². The molecule has 18 heavy (non-hydrogen) atoms. The van der Waals surface area contributed by atoms with Gasteiger partial charge in [-0.1, -0.05) is 30.3 Å². The van der Waals surface area contributed by atoms with Gasteiger partial charge in [0, 0.05) is 22.5 Å². The van der Waals surface area contributed by atoms with Crippen LogP contribution in [0.15, 0.2) is 30.3 Å². The van der Waals surface area contributed by atoms with E-state index in [1.165, 1.54) is 6.92 Å². The van der Waals surface area contributed by atoms with Crippen LogP contribution in [0.4, 0.5) is 0 Å². The highest BCUT2D eigenvalue weighted by atomic mass is 35.9. The van der Waals surface area contributed by atoms with Crippen LogP contribution >= 0.6 is 28.6 Å². The standard InChI is InChI=1S/C10H12Cl2NO4P/c1-8(10(14)17-18(11,12)15)13-16-7-9-5-3-2-4-6-9/h2-6,8,13H,7H2,1H3/t8-/m0/s1. The third kappa shape index (κ3) is 6.38. The van der Waals surface area contributed by atoms with Gasteiger partial charge < -0.3 is 4.52 Å². The third-order valence-electron chi connectivity index (χ3n) is 1.89. The maximum Gasteiger partial charge on any atom is 0.430 e. The molecule has 0 aromatic heterocycles. The molecule has 0 aliphatic heterocycles. The Morgan fingerprint density at radius 2 is 2.00 bits per heavy atom. The smallest absolute Gasteiger partial charge is 0.388 e. The number of benzene rings is 1. The number of carbonyl (C=O) groups is 1. The minimum absolute atomic E-state index is 0.276. The molecule has 0 saturated carbocycles. The molecule has 0 bridgehead atoms. The molecule has 100 valence electrons. The fourth-order valence-corrected chi connectivity index (χ4v) is 1.83. The highest BCUT2D eigenvalue weighted by Gasteiger charge is 2.24. The van der Waals surface area contributed by atoms with Gasteiger partial charge in [0.15, 0.2) is 0 Å². The fraction of sp³-hybridized carbons (Fsp3) is 0.300. The van der Waals surface area contributed by atoms with E-state index >= 15 is 0 Å². The molecule has 1 rings (SSSR count). The Labute approximate surface area is 114 Å². The van der Waals surface area contributed by atoms with E-state index < -0.39 is 18.1 Å². The van der Waals surface area contributed by atoms with Crippen molar-refractivity contribution >= 4 is 34.5 Å². The van der Waals surface area contributed by atoms with Crippen LogP contribution in [-0.4, -0.2) is 12.0 Å². The second-order valence-corrected chi connectivity index (χ2v) is 7.64. The van der Waals surface area contributed by atoms with Crippen LogP contribution in [0.25, 0.3) is 0 Å². The van der Waals surface area contributed by atoms with Crippen molar-refractivity contribution in [1.82, 2.24) is 5.48 Å². The largest absolute Gasteiger partial charge is 0.430 e. The highest BCUT2D eigenvalue weighted by Crippen LogP contribution is 2.57. The molecule has 1 atom stereocenters. The summed E-state index contributed by atoms with van der Waals surface area (Å²) in [4.78, 5) is 16.4. The van der Waals surface area contributed by atoms with Crippen molar-refractivity contribution in [1.29, 1.82) is 0 Å². The second-order valence-electron chi connectivity index (χ2n) is 3.44. The van der Waals surface area contributed by atoms with Crippen LogP contribution in [0.1, 0.15) is 12.5 Å². The number of nitrogens with one attached hydrogen (secondary N) is 1. The van der Waals surface area contributed by atoms with Gasteiger partial charge in [0.2, 0.25) is 0 Å². The number of halogens is 2. The van der Waals surface area contributed by atoms with Crippen LogP contribution in [0.2, 0.25) is 0 Å². The SMILES string of the molecule is C[C@H](NOCc1ccccc1)C(=O)OP(=O)(Cl)Cl. The Morgan fingerprint density at radius 3 is 2.56 bits per heavy atom. The molecule has 0 unspecified atom stereocenters. The first kappa shape index (κ1) is 15.5. The van der Waals surface area contributed by atoms with E-state index in [0.29, 0.717) is 0 Å². The maximum absolute atomic E-state index is 11.3. The number of hydroxylamine groups is 1. The Kier molecular flexibility index (Phi) is 6.12. The van der Waals surface area contributed by atoms with Crippen LogP contribution in [0.3, 0.4) is 0 Å². The van der Waals surface area contributed by atoms with E-state index in [0.717, 1.165) is 5.56 Å². The van der Waals surface area contributed by atoms with Gasteiger partial charge in [-0.05, 0) is 12.5 Å². The summed E-state index contributed by atoms with van der Waals surface area (Å²) in [5.74, 6) is -0.851. The lowest BCUT2D eigenvalue weighted by Gasteiger charge is -2.13. The minimum Gasteiger partial charge on any atom is -0.388 e. The monoisotopic (exact) mass is 311 g/mol.